The van der Waals surface area contributed by atoms with E-state index in [1.54, 1.807) is 11.8 Å². The fourth-order valence-electron chi connectivity index (χ4n) is 2.14. The normalized spacial score (nSPS) is 12.1. The Morgan fingerprint density at radius 2 is 1.15 bits per heavy atom. The van der Waals surface area contributed by atoms with E-state index in [1.807, 2.05) is 12.5 Å². The molecule has 0 aromatic rings. The van der Waals surface area contributed by atoms with Gasteiger partial charge in [0.2, 0.25) is 29.5 Å². The molecule has 0 spiro atoms. The minimum atomic E-state index is -1.17. The predicted octanol–water partition coefficient (Wildman–Crippen LogP) is -3.15. The number of carboxylic acid groups (broad SMARTS) is 1. The Labute approximate surface area is 200 Å². The lowest BCUT2D eigenvalue weighted by Crippen LogP contribution is -2.48. The van der Waals surface area contributed by atoms with Crippen molar-refractivity contribution in [3.63, 3.8) is 0 Å². The Balaban J connectivity index is 4.07. The number of thioether (sulfide) groups is 2. The van der Waals surface area contributed by atoms with Crippen molar-refractivity contribution in [2.75, 3.05) is 50.2 Å². The highest BCUT2D eigenvalue weighted by Crippen LogP contribution is 2.01. The predicted molar refractivity (Wildman–Crippen MR) is 126 cm³/mol. The lowest BCUT2D eigenvalue weighted by molar-refractivity contribution is -0.141. The van der Waals surface area contributed by atoms with Crippen LogP contribution in [0, 0.1) is 0 Å². The van der Waals surface area contributed by atoms with Gasteiger partial charge in [-0.05, 0) is 36.9 Å². The number of nitrogens with two attached hydrogens (primary N) is 1. The van der Waals surface area contributed by atoms with Gasteiger partial charge < -0.3 is 37.4 Å². The first-order valence-corrected chi connectivity index (χ1v) is 12.7. The number of carbonyl (C=O) groups excluding carboxylic acids is 5. The molecule has 33 heavy (non-hydrogen) atoms. The van der Waals surface area contributed by atoms with Gasteiger partial charge in [-0.25, -0.2) is 4.79 Å². The second-order valence-electron chi connectivity index (χ2n) is 6.68. The number of carboxylic acids is 1. The van der Waals surface area contributed by atoms with Crippen LogP contribution in [0.1, 0.15) is 12.8 Å². The molecule has 0 saturated carbocycles. The molecule has 0 rings (SSSR count). The number of rotatable bonds is 17. The summed E-state index contributed by atoms with van der Waals surface area (Å²) >= 11 is 2.99. The Morgan fingerprint density at radius 3 is 1.61 bits per heavy atom. The molecule has 0 aromatic carbocycles. The summed E-state index contributed by atoms with van der Waals surface area (Å²) < 4.78 is 0. The summed E-state index contributed by atoms with van der Waals surface area (Å²) in [5, 5.41) is 20.5. The van der Waals surface area contributed by atoms with Crippen LogP contribution in [0.3, 0.4) is 0 Å². The van der Waals surface area contributed by atoms with E-state index >= 15 is 0 Å². The maximum atomic E-state index is 11.8. The first-order chi connectivity index (χ1) is 15.6. The molecule has 0 aliphatic rings. The van der Waals surface area contributed by atoms with Crippen LogP contribution in [0.15, 0.2) is 0 Å². The molecule has 0 unspecified atom stereocenters. The monoisotopic (exact) mass is 508 g/mol. The van der Waals surface area contributed by atoms with Gasteiger partial charge in [-0.15, -0.1) is 0 Å². The average molecular weight is 509 g/mol. The summed E-state index contributed by atoms with van der Waals surface area (Å²) in [4.78, 5) is 69.7. The highest BCUT2D eigenvalue weighted by atomic mass is 32.2. The van der Waals surface area contributed by atoms with Gasteiger partial charge in [0.05, 0.1) is 32.2 Å². The van der Waals surface area contributed by atoms with Crippen LogP contribution in [0.4, 0.5) is 0 Å². The third-order valence-corrected chi connectivity index (χ3v) is 5.26. The van der Waals surface area contributed by atoms with E-state index in [0.717, 1.165) is 0 Å². The van der Waals surface area contributed by atoms with E-state index in [1.165, 1.54) is 11.8 Å². The summed E-state index contributed by atoms with van der Waals surface area (Å²) in [5.74, 6) is -3.00. The molecule has 0 radical (unpaired) electrons. The first-order valence-electron chi connectivity index (χ1n) is 9.94. The molecule has 0 aliphatic carbocycles. The molecule has 0 heterocycles. The molecule has 5 amide bonds. The van der Waals surface area contributed by atoms with Crippen LogP contribution < -0.4 is 32.3 Å². The second-order valence-corrected chi connectivity index (χ2v) is 8.65. The highest BCUT2D eigenvalue weighted by molar-refractivity contribution is 7.98. The number of carbonyl (C=O) groups is 6. The molecule has 0 aliphatic heterocycles. The topological polar surface area (TPSA) is 209 Å². The van der Waals surface area contributed by atoms with Gasteiger partial charge in [0, 0.05) is 0 Å². The van der Waals surface area contributed by atoms with Crippen molar-refractivity contribution in [3.8, 4) is 0 Å². The highest BCUT2D eigenvalue weighted by Gasteiger charge is 2.19. The molecule has 2 atom stereocenters. The number of amides is 5. The van der Waals surface area contributed by atoms with E-state index in [4.69, 9.17) is 10.8 Å². The van der Waals surface area contributed by atoms with Crippen LogP contribution in [-0.2, 0) is 28.8 Å². The third-order valence-electron chi connectivity index (χ3n) is 3.98. The number of hydrogen-bond donors (Lipinski definition) is 7. The number of nitrogens with one attached hydrogen (secondary N) is 5. The molecule has 15 heteroatoms. The van der Waals surface area contributed by atoms with Crippen molar-refractivity contribution in [3.05, 3.63) is 0 Å². The Bertz CT molecular complexity index is 695. The smallest absolute Gasteiger partial charge is 0.326 e. The minimum absolute atomic E-state index is 0.243. The molecule has 0 bridgehead atoms. The maximum Gasteiger partial charge on any atom is 0.326 e. The first kappa shape index (κ1) is 30.5. The van der Waals surface area contributed by atoms with Gasteiger partial charge in [-0.3, -0.25) is 24.0 Å². The molecule has 188 valence electrons. The van der Waals surface area contributed by atoms with Gasteiger partial charge in [0.25, 0.3) is 0 Å². The lowest BCUT2D eigenvalue weighted by Gasteiger charge is -2.14. The fraction of sp³-hybridized carbons (Fsp3) is 0.667. The maximum absolute atomic E-state index is 11.8. The van der Waals surface area contributed by atoms with Gasteiger partial charge in [0.15, 0.2) is 0 Å². The van der Waals surface area contributed by atoms with Crippen molar-refractivity contribution in [2.45, 2.75) is 24.9 Å². The van der Waals surface area contributed by atoms with Gasteiger partial charge in [-0.1, -0.05) is 0 Å². The fourth-order valence-corrected chi connectivity index (χ4v) is 3.10. The van der Waals surface area contributed by atoms with Gasteiger partial charge in [0.1, 0.15) is 6.04 Å². The summed E-state index contributed by atoms with van der Waals surface area (Å²) in [6, 6.07) is -1.78. The average Bonchev–Trinajstić information content (AvgIpc) is 2.78. The van der Waals surface area contributed by atoms with Gasteiger partial charge in [-0.2, -0.15) is 23.5 Å². The Morgan fingerprint density at radius 1 is 0.727 bits per heavy atom. The van der Waals surface area contributed by atoms with Crippen LogP contribution in [0.5, 0.6) is 0 Å². The Hall–Kier alpha value is -2.52. The van der Waals surface area contributed by atoms with E-state index in [2.05, 4.69) is 26.6 Å². The molecule has 0 fully saturated rings. The molecule has 0 saturated heterocycles. The zero-order valence-electron chi connectivity index (χ0n) is 18.6. The zero-order valence-corrected chi connectivity index (χ0v) is 20.2. The van der Waals surface area contributed by atoms with Crippen LogP contribution in [-0.4, -0.2) is 103 Å². The zero-order chi connectivity index (χ0) is 25.2. The van der Waals surface area contributed by atoms with E-state index in [9.17, 15) is 28.8 Å². The molecule has 0 aromatic heterocycles. The minimum Gasteiger partial charge on any atom is -0.480 e. The van der Waals surface area contributed by atoms with E-state index < -0.39 is 67.2 Å². The van der Waals surface area contributed by atoms with Crippen molar-refractivity contribution in [1.29, 1.82) is 0 Å². The SMILES string of the molecule is CSCC[C@H](NC(=O)CNC(=O)CNC(=O)CNC(=O)CNC(=O)[C@@H](N)CCSC)C(=O)O. The lowest BCUT2D eigenvalue weighted by atomic mass is 10.2. The van der Waals surface area contributed by atoms with E-state index in [0.29, 0.717) is 17.9 Å². The summed E-state index contributed by atoms with van der Waals surface area (Å²) in [7, 11) is 0. The van der Waals surface area contributed by atoms with Crippen LogP contribution >= 0.6 is 23.5 Å². The van der Waals surface area contributed by atoms with Crippen LogP contribution in [0.2, 0.25) is 0 Å². The van der Waals surface area contributed by atoms with Crippen molar-refractivity contribution in [1.82, 2.24) is 26.6 Å². The molecule has 8 N–H and O–H groups in total. The summed E-state index contributed by atoms with van der Waals surface area (Å²) in [6.45, 7) is -1.66. The van der Waals surface area contributed by atoms with Gasteiger partial charge >= 0.3 is 5.97 Å². The van der Waals surface area contributed by atoms with Crippen molar-refractivity contribution >= 4 is 59.0 Å². The summed E-state index contributed by atoms with van der Waals surface area (Å²) in [6.07, 6.45) is 4.41. The van der Waals surface area contributed by atoms with E-state index in [-0.39, 0.29) is 13.0 Å². The number of aliphatic carboxylic acids is 1. The largest absolute Gasteiger partial charge is 0.480 e. The second kappa shape index (κ2) is 18.0. The molecular weight excluding hydrogens is 476 g/mol. The third kappa shape index (κ3) is 15.8. The molecule has 13 nitrogen and oxygen atoms in total. The standard InChI is InChI=1S/C18H32N6O7S2/c1-32-5-3-11(19)17(29)23-9-15(27)21-7-13(25)20-8-14(26)22-10-16(28)24-12(18(30)31)4-6-33-2/h11-12H,3-10,19H2,1-2H3,(H,20,25)(H,21,27)(H,22,26)(H,23,29)(H,24,28)(H,30,31)/t11-,12-/m0/s1. The Kier molecular flexibility index (Phi) is 16.6. The van der Waals surface area contributed by atoms with Crippen molar-refractivity contribution < 1.29 is 33.9 Å². The summed E-state index contributed by atoms with van der Waals surface area (Å²) in [5.41, 5.74) is 5.67. The molecular formula is C18H32N6O7S2. The van der Waals surface area contributed by atoms with Crippen molar-refractivity contribution in [2.24, 2.45) is 5.73 Å². The number of hydrogen-bond acceptors (Lipinski definition) is 9. The van der Waals surface area contributed by atoms with Crippen LogP contribution in [0.25, 0.3) is 0 Å². The quantitative estimate of drug-likeness (QED) is 0.105.